The lowest BCUT2D eigenvalue weighted by molar-refractivity contribution is -0.137. The van der Waals surface area contributed by atoms with Gasteiger partial charge in [-0.15, -0.1) is 6.58 Å². The van der Waals surface area contributed by atoms with Gasteiger partial charge in [0.1, 0.15) is 0 Å². The first-order chi connectivity index (χ1) is 13.8. The lowest BCUT2D eigenvalue weighted by atomic mass is 10.2. The molecule has 1 heterocycles. The zero-order valence-electron chi connectivity index (χ0n) is 16.2. The van der Waals surface area contributed by atoms with Crippen molar-refractivity contribution in [1.82, 2.24) is 13.5 Å². The number of carbonyl (C=O) groups is 1. The van der Waals surface area contributed by atoms with Crippen LogP contribution in [-0.2, 0) is 31.0 Å². The van der Waals surface area contributed by atoms with Gasteiger partial charge in [-0.2, -0.15) is 21.8 Å². The van der Waals surface area contributed by atoms with Crippen LogP contribution in [0, 0.1) is 0 Å². The Labute approximate surface area is 173 Å². The molecule has 2 rings (SSSR count). The van der Waals surface area contributed by atoms with E-state index in [0.717, 1.165) is 28.8 Å². The summed E-state index contributed by atoms with van der Waals surface area (Å²) >= 11 is 0. The Hall–Kier alpha value is -1.96. The Balaban J connectivity index is 2.19. The number of alkyl halides is 3. The number of benzene rings is 1. The van der Waals surface area contributed by atoms with Crippen LogP contribution in [0.4, 0.5) is 13.2 Å². The Morgan fingerprint density at radius 3 is 2.27 bits per heavy atom. The fraction of sp³-hybridized carbons (Fsp3) is 0.471. The van der Waals surface area contributed by atoms with Crippen molar-refractivity contribution in [1.29, 1.82) is 0 Å². The van der Waals surface area contributed by atoms with Crippen LogP contribution in [0.5, 0.6) is 0 Å². The highest BCUT2D eigenvalue weighted by atomic mass is 32.2. The molecule has 1 aliphatic rings. The highest BCUT2D eigenvalue weighted by Gasteiger charge is 2.34. The Morgan fingerprint density at radius 1 is 1.17 bits per heavy atom. The lowest BCUT2D eigenvalue weighted by Gasteiger charge is -2.34. The molecule has 1 fully saturated rings. The SMILES string of the molecule is C=CCN(CC(=O)N1CCN(S(C)(=O)=O)CC1)S(=O)(=O)c1cccc(C(F)(F)F)c1. The summed E-state index contributed by atoms with van der Waals surface area (Å²) in [5.74, 6) is -0.583. The Morgan fingerprint density at radius 2 is 1.77 bits per heavy atom. The molecule has 0 aromatic heterocycles. The molecule has 0 N–H and O–H groups in total. The van der Waals surface area contributed by atoms with Gasteiger partial charge >= 0.3 is 6.18 Å². The number of nitrogens with zero attached hydrogens (tertiary/aromatic N) is 3. The van der Waals surface area contributed by atoms with Crippen LogP contribution in [0.1, 0.15) is 5.56 Å². The zero-order valence-corrected chi connectivity index (χ0v) is 17.8. The molecule has 1 aromatic rings. The summed E-state index contributed by atoms with van der Waals surface area (Å²) in [5.41, 5.74) is -1.12. The van der Waals surface area contributed by atoms with Crippen molar-refractivity contribution in [2.75, 3.05) is 45.5 Å². The maximum Gasteiger partial charge on any atom is 0.416 e. The van der Waals surface area contributed by atoms with Gasteiger partial charge in [0.05, 0.1) is 23.3 Å². The van der Waals surface area contributed by atoms with E-state index in [0.29, 0.717) is 6.07 Å². The van der Waals surface area contributed by atoms with E-state index >= 15 is 0 Å². The number of rotatable bonds is 7. The molecule has 0 saturated carbocycles. The van der Waals surface area contributed by atoms with E-state index in [1.165, 1.54) is 15.3 Å². The molecule has 0 bridgehead atoms. The van der Waals surface area contributed by atoms with Gasteiger partial charge in [-0.3, -0.25) is 4.79 Å². The fourth-order valence-corrected chi connectivity index (χ4v) is 5.13. The largest absolute Gasteiger partial charge is 0.416 e. The second kappa shape index (κ2) is 9.04. The van der Waals surface area contributed by atoms with Crippen LogP contribution in [0.25, 0.3) is 0 Å². The van der Waals surface area contributed by atoms with E-state index in [2.05, 4.69) is 6.58 Å². The first kappa shape index (κ1) is 24.3. The third-order valence-corrected chi connectivity index (χ3v) is 7.61. The summed E-state index contributed by atoms with van der Waals surface area (Å²) in [6, 6.07) is 3.27. The van der Waals surface area contributed by atoms with Crippen molar-refractivity contribution in [3.63, 3.8) is 0 Å². The third-order valence-electron chi connectivity index (χ3n) is 4.50. The number of hydrogen-bond donors (Lipinski definition) is 0. The molecular weight excluding hydrogens is 447 g/mol. The number of halogens is 3. The van der Waals surface area contributed by atoms with Crippen LogP contribution in [0.3, 0.4) is 0 Å². The molecule has 0 unspecified atom stereocenters. The second-order valence-corrected chi connectivity index (χ2v) is 10.6. The average Bonchev–Trinajstić information content (AvgIpc) is 2.66. The summed E-state index contributed by atoms with van der Waals surface area (Å²) in [7, 11) is -7.80. The molecule has 1 saturated heterocycles. The first-order valence-corrected chi connectivity index (χ1v) is 12.1. The third kappa shape index (κ3) is 5.80. The summed E-state index contributed by atoms with van der Waals surface area (Å²) < 4.78 is 89.6. The standard InChI is InChI=1S/C17H22F3N3O5S2/c1-3-7-23(13-16(24)21-8-10-22(11-9-21)29(2,25)26)30(27,28)15-6-4-5-14(12-15)17(18,19)20/h3-6,12H,1,7-11,13H2,2H3. The van der Waals surface area contributed by atoms with E-state index in [1.54, 1.807) is 0 Å². The van der Waals surface area contributed by atoms with Crippen molar-refractivity contribution in [2.45, 2.75) is 11.1 Å². The Kier molecular flexibility index (Phi) is 7.32. The van der Waals surface area contributed by atoms with E-state index in [-0.39, 0.29) is 32.7 Å². The minimum atomic E-state index is -4.72. The molecule has 168 valence electrons. The maximum absolute atomic E-state index is 12.9. The van der Waals surface area contributed by atoms with Crippen LogP contribution >= 0.6 is 0 Å². The predicted molar refractivity (Wildman–Crippen MR) is 103 cm³/mol. The van der Waals surface area contributed by atoms with Gasteiger partial charge < -0.3 is 4.90 Å². The molecule has 1 aromatic carbocycles. The molecule has 0 atom stereocenters. The molecule has 0 spiro atoms. The fourth-order valence-electron chi connectivity index (χ4n) is 2.89. The van der Waals surface area contributed by atoms with Gasteiger partial charge in [0.15, 0.2) is 0 Å². The minimum absolute atomic E-state index is 0.0758. The number of piperazine rings is 1. The topological polar surface area (TPSA) is 95.1 Å². The summed E-state index contributed by atoms with van der Waals surface area (Å²) in [6.45, 7) is 2.86. The van der Waals surface area contributed by atoms with Crippen LogP contribution in [0.2, 0.25) is 0 Å². The van der Waals surface area contributed by atoms with E-state index in [9.17, 15) is 34.8 Å². The van der Waals surface area contributed by atoms with Crippen LogP contribution in [-0.4, -0.2) is 81.8 Å². The highest BCUT2D eigenvalue weighted by Crippen LogP contribution is 2.31. The van der Waals surface area contributed by atoms with Crippen LogP contribution < -0.4 is 0 Å². The average molecular weight is 470 g/mol. The molecule has 1 aliphatic heterocycles. The number of carbonyl (C=O) groups excluding carboxylic acids is 1. The molecular formula is C17H22F3N3O5S2. The van der Waals surface area contributed by atoms with Crippen molar-refractivity contribution in [3.8, 4) is 0 Å². The van der Waals surface area contributed by atoms with Gasteiger partial charge in [0.25, 0.3) is 0 Å². The molecule has 1 amide bonds. The quantitative estimate of drug-likeness (QED) is 0.555. The van der Waals surface area contributed by atoms with Gasteiger partial charge in [-0.25, -0.2) is 16.8 Å². The summed E-state index contributed by atoms with van der Waals surface area (Å²) in [5, 5.41) is 0. The van der Waals surface area contributed by atoms with Gasteiger partial charge in [-0.1, -0.05) is 12.1 Å². The van der Waals surface area contributed by atoms with Crippen LogP contribution in [0.15, 0.2) is 41.8 Å². The molecule has 0 aliphatic carbocycles. The van der Waals surface area contributed by atoms with Gasteiger partial charge in [-0.05, 0) is 18.2 Å². The maximum atomic E-state index is 12.9. The molecule has 13 heteroatoms. The molecule has 8 nitrogen and oxygen atoms in total. The summed E-state index contributed by atoms with van der Waals surface area (Å²) in [4.78, 5) is 13.3. The number of hydrogen-bond acceptors (Lipinski definition) is 5. The van der Waals surface area contributed by atoms with E-state index in [1.807, 2.05) is 0 Å². The van der Waals surface area contributed by atoms with Gasteiger partial charge in [0.2, 0.25) is 26.0 Å². The van der Waals surface area contributed by atoms with Crippen molar-refractivity contribution in [3.05, 3.63) is 42.5 Å². The molecule has 0 radical (unpaired) electrons. The Bertz CT molecular complexity index is 1000. The number of sulfonamides is 2. The number of amides is 1. The second-order valence-electron chi connectivity index (χ2n) is 6.65. The van der Waals surface area contributed by atoms with Crippen molar-refractivity contribution >= 4 is 26.0 Å². The van der Waals surface area contributed by atoms with Crippen molar-refractivity contribution < 1.29 is 34.8 Å². The van der Waals surface area contributed by atoms with E-state index in [4.69, 9.17) is 0 Å². The molecule has 30 heavy (non-hydrogen) atoms. The normalized spacial score (nSPS) is 16.6. The predicted octanol–water partition coefficient (Wildman–Crippen LogP) is 0.986. The van der Waals surface area contributed by atoms with Gasteiger partial charge in [0, 0.05) is 32.7 Å². The monoisotopic (exact) mass is 469 g/mol. The zero-order chi connectivity index (χ0) is 22.7. The first-order valence-electron chi connectivity index (χ1n) is 8.78. The highest BCUT2D eigenvalue weighted by molar-refractivity contribution is 7.89. The minimum Gasteiger partial charge on any atom is -0.339 e. The summed E-state index contributed by atoms with van der Waals surface area (Å²) in [6.07, 6.45) is -2.44. The lowest BCUT2D eigenvalue weighted by Crippen LogP contribution is -2.52. The van der Waals surface area contributed by atoms with E-state index < -0.39 is 49.1 Å². The van der Waals surface area contributed by atoms with Crippen molar-refractivity contribution in [2.24, 2.45) is 0 Å². The smallest absolute Gasteiger partial charge is 0.339 e.